The Kier molecular flexibility index (Phi) is 5.70. The van der Waals surface area contributed by atoms with Gasteiger partial charge in [-0.05, 0) is 37.5 Å². The third kappa shape index (κ3) is 4.38. The monoisotopic (exact) mass is 318 g/mol. The number of hydrogen-bond donors (Lipinski definition) is 2. The molecule has 0 spiro atoms. The maximum Gasteiger partial charge on any atom is 0.262 e. The molecule has 6 heteroatoms. The molecular formula is C15H21ClF2N2O. The highest BCUT2D eigenvalue weighted by atomic mass is 35.5. The van der Waals surface area contributed by atoms with Crippen LogP contribution in [0.15, 0.2) is 12.1 Å². The van der Waals surface area contributed by atoms with Crippen molar-refractivity contribution in [3.05, 3.63) is 34.4 Å². The van der Waals surface area contributed by atoms with Crippen LogP contribution in [0.1, 0.15) is 28.7 Å². The van der Waals surface area contributed by atoms with Crippen LogP contribution in [0.5, 0.6) is 0 Å². The van der Waals surface area contributed by atoms with E-state index in [0.717, 1.165) is 16.7 Å². The third-order valence-corrected chi connectivity index (χ3v) is 3.71. The highest BCUT2D eigenvalue weighted by Crippen LogP contribution is 2.25. The number of alkyl halides is 2. The Morgan fingerprint density at radius 1 is 1.33 bits per heavy atom. The van der Waals surface area contributed by atoms with Gasteiger partial charge in [0.2, 0.25) is 5.91 Å². The Morgan fingerprint density at radius 3 is 2.38 bits per heavy atom. The Bertz CT molecular complexity index is 511. The molecule has 0 bridgehead atoms. The second-order valence-corrected chi connectivity index (χ2v) is 5.59. The Labute approximate surface area is 129 Å². The van der Waals surface area contributed by atoms with E-state index in [1.165, 1.54) is 5.56 Å². The molecule has 1 saturated heterocycles. The van der Waals surface area contributed by atoms with Gasteiger partial charge in [0.05, 0.1) is 12.6 Å². The van der Waals surface area contributed by atoms with Crippen LogP contribution in [0.2, 0.25) is 0 Å². The summed E-state index contributed by atoms with van der Waals surface area (Å²) in [5.74, 6) is -3.14. The zero-order valence-corrected chi connectivity index (χ0v) is 13.2. The van der Waals surface area contributed by atoms with Gasteiger partial charge in [-0.25, -0.2) is 8.78 Å². The highest BCUT2D eigenvalue weighted by molar-refractivity contribution is 5.85. The molecule has 0 aromatic heterocycles. The topological polar surface area (TPSA) is 41.1 Å². The number of hydrogen-bond acceptors (Lipinski definition) is 2. The van der Waals surface area contributed by atoms with Crippen LogP contribution in [0.3, 0.4) is 0 Å². The van der Waals surface area contributed by atoms with Crippen molar-refractivity contribution in [1.29, 1.82) is 0 Å². The van der Waals surface area contributed by atoms with Crippen LogP contribution in [0.25, 0.3) is 0 Å². The lowest BCUT2D eigenvalue weighted by molar-refractivity contribution is -0.123. The van der Waals surface area contributed by atoms with Gasteiger partial charge >= 0.3 is 0 Å². The molecule has 1 aliphatic heterocycles. The summed E-state index contributed by atoms with van der Waals surface area (Å²) in [7, 11) is 0. The van der Waals surface area contributed by atoms with E-state index in [-0.39, 0.29) is 18.3 Å². The van der Waals surface area contributed by atoms with Gasteiger partial charge in [-0.3, -0.25) is 10.1 Å². The Balaban J connectivity index is 0.00000220. The summed E-state index contributed by atoms with van der Waals surface area (Å²) in [6.45, 7) is 5.95. The summed E-state index contributed by atoms with van der Waals surface area (Å²) < 4.78 is 26.1. The van der Waals surface area contributed by atoms with Crippen LogP contribution in [-0.2, 0) is 11.3 Å². The Hall–Kier alpha value is -1.20. The molecule has 0 aliphatic carbocycles. The molecule has 1 aliphatic rings. The van der Waals surface area contributed by atoms with Crippen molar-refractivity contribution in [2.75, 3.05) is 6.54 Å². The van der Waals surface area contributed by atoms with E-state index in [4.69, 9.17) is 0 Å². The minimum absolute atomic E-state index is 0. The quantitative estimate of drug-likeness (QED) is 0.899. The summed E-state index contributed by atoms with van der Waals surface area (Å²) in [5.41, 5.74) is 4.43. The predicted octanol–water partition coefficient (Wildman–Crippen LogP) is 2.65. The van der Waals surface area contributed by atoms with E-state index in [9.17, 15) is 13.6 Å². The smallest absolute Gasteiger partial charge is 0.262 e. The number of nitrogens with one attached hydrogen (secondary N) is 2. The fraction of sp³-hybridized carbons (Fsp3) is 0.533. The van der Waals surface area contributed by atoms with Crippen LogP contribution in [-0.4, -0.2) is 24.4 Å². The molecule has 3 nitrogen and oxygen atoms in total. The summed E-state index contributed by atoms with van der Waals surface area (Å²) in [4.78, 5) is 11.9. The SMILES string of the molecule is Cc1cc(C)c(CNC(=O)C2CC(F)(F)CN2)c(C)c1.Cl. The predicted molar refractivity (Wildman–Crippen MR) is 81.1 cm³/mol. The number of halogens is 3. The van der Waals surface area contributed by atoms with Gasteiger partial charge in [0.15, 0.2) is 0 Å². The minimum Gasteiger partial charge on any atom is -0.351 e. The summed E-state index contributed by atoms with van der Waals surface area (Å²) in [6, 6.07) is 3.31. The normalized spacial score (nSPS) is 20.0. The molecule has 1 fully saturated rings. The summed E-state index contributed by atoms with van der Waals surface area (Å²) >= 11 is 0. The highest BCUT2D eigenvalue weighted by Gasteiger charge is 2.42. The number of rotatable bonds is 3. The van der Waals surface area contributed by atoms with Crippen LogP contribution in [0.4, 0.5) is 8.78 Å². The number of aryl methyl sites for hydroxylation is 3. The molecule has 2 N–H and O–H groups in total. The lowest BCUT2D eigenvalue weighted by atomic mass is 10.00. The van der Waals surface area contributed by atoms with Gasteiger partial charge in [0, 0.05) is 13.0 Å². The van der Waals surface area contributed by atoms with E-state index in [0.29, 0.717) is 6.54 Å². The number of carbonyl (C=O) groups excluding carboxylic acids is 1. The number of carbonyl (C=O) groups is 1. The lowest BCUT2D eigenvalue weighted by Gasteiger charge is -2.15. The maximum absolute atomic E-state index is 13.0. The van der Waals surface area contributed by atoms with Gasteiger partial charge in [-0.15, -0.1) is 12.4 Å². The van der Waals surface area contributed by atoms with E-state index in [2.05, 4.69) is 22.8 Å². The average molecular weight is 319 g/mol. The molecule has 1 aromatic carbocycles. The van der Waals surface area contributed by atoms with E-state index >= 15 is 0 Å². The number of amides is 1. The molecular weight excluding hydrogens is 298 g/mol. The largest absolute Gasteiger partial charge is 0.351 e. The average Bonchev–Trinajstić information content (AvgIpc) is 2.68. The molecule has 21 heavy (non-hydrogen) atoms. The van der Waals surface area contributed by atoms with Crippen molar-refractivity contribution in [1.82, 2.24) is 10.6 Å². The lowest BCUT2D eigenvalue weighted by Crippen LogP contribution is -2.40. The van der Waals surface area contributed by atoms with Crippen molar-refractivity contribution >= 4 is 18.3 Å². The summed E-state index contributed by atoms with van der Waals surface area (Å²) in [5, 5.41) is 5.30. The fourth-order valence-electron chi connectivity index (χ4n) is 2.69. The van der Waals surface area contributed by atoms with Crippen molar-refractivity contribution in [2.24, 2.45) is 0 Å². The first-order valence-corrected chi connectivity index (χ1v) is 6.74. The van der Waals surface area contributed by atoms with E-state index in [1.807, 2.05) is 20.8 Å². The molecule has 1 heterocycles. The molecule has 1 aromatic rings. The van der Waals surface area contributed by atoms with Crippen molar-refractivity contribution in [3.63, 3.8) is 0 Å². The van der Waals surface area contributed by atoms with E-state index < -0.39 is 24.9 Å². The zero-order chi connectivity index (χ0) is 14.9. The van der Waals surface area contributed by atoms with Crippen molar-refractivity contribution in [3.8, 4) is 0 Å². The second kappa shape index (κ2) is 6.71. The number of benzene rings is 1. The standard InChI is InChI=1S/C15H20F2N2O.ClH/c1-9-4-10(2)12(11(3)5-9)7-18-14(20)13-6-15(16,17)8-19-13;/h4-5,13,19H,6-8H2,1-3H3,(H,18,20);1H. The first-order chi connectivity index (χ1) is 9.28. The molecule has 1 unspecified atom stereocenters. The van der Waals surface area contributed by atoms with Crippen molar-refractivity contribution in [2.45, 2.75) is 45.7 Å². The minimum atomic E-state index is -2.78. The molecule has 118 valence electrons. The first kappa shape index (κ1) is 17.9. The van der Waals surface area contributed by atoms with Gasteiger partial charge < -0.3 is 5.32 Å². The van der Waals surface area contributed by atoms with Crippen molar-refractivity contribution < 1.29 is 13.6 Å². The maximum atomic E-state index is 13.0. The molecule has 1 atom stereocenters. The van der Waals surface area contributed by atoms with Gasteiger partial charge in [-0.1, -0.05) is 17.7 Å². The van der Waals surface area contributed by atoms with Crippen LogP contribution >= 0.6 is 12.4 Å². The summed E-state index contributed by atoms with van der Waals surface area (Å²) in [6.07, 6.45) is -0.426. The van der Waals surface area contributed by atoms with Gasteiger partial charge in [0.1, 0.15) is 0 Å². The molecule has 2 rings (SSSR count). The van der Waals surface area contributed by atoms with E-state index in [1.54, 1.807) is 0 Å². The van der Waals surface area contributed by atoms with Gasteiger partial charge in [-0.2, -0.15) is 0 Å². The first-order valence-electron chi connectivity index (χ1n) is 6.74. The third-order valence-electron chi connectivity index (χ3n) is 3.71. The zero-order valence-electron chi connectivity index (χ0n) is 12.4. The molecule has 1 amide bonds. The fourth-order valence-corrected chi connectivity index (χ4v) is 2.69. The second-order valence-electron chi connectivity index (χ2n) is 5.59. The van der Waals surface area contributed by atoms with Crippen LogP contribution < -0.4 is 10.6 Å². The molecule has 0 saturated carbocycles. The molecule has 0 radical (unpaired) electrons. The van der Waals surface area contributed by atoms with Gasteiger partial charge in [0.25, 0.3) is 5.92 Å². The Morgan fingerprint density at radius 2 is 1.90 bits per heavy atom. The van der Waals surface area contributed by atoms with Crippen LogP contribution in [0, 0.1) is 20.8 Å².